The van der Waals surface area contributed by atoms with Crippen LogP contribution >= 0.6 is 11.6 Å². The van der Waals surface area contributed by atoms with Gasteiger partial charge in [-0.05, 0) is 31.5 Å². The first-order valence-corrected chi connectivity index (χ1v) is 6.32. The maximum absolute atomic E-state index is 5.88. The van der Waals surface area contributed by atoms with E-state index in [9.17, 15) is 0 Å². The number of hydrogen-bond acceptors (Lipinski definition) is 3. The first kappa shape index (κ1) is 13.0. The lowest BCUT2D eigenvalue weighted by molar-refractivity contribution is 0.485. The molecule has 0 saturated carbocycles. The van der Waals surface area contributed by atoms with Crippen LogP contribution in [0.2, 0.25) is 5.02 Å². The smallest absolute Gasteiger partial charge is 0.0753 e. The second-order valence-electron chi connectivity index (χ2n) is 4.29. The van der Waals surface area contributed by atoms with Crippen molar-refractivity contribution in [2.24, 2.45) is 0 Å². The molecule has 0 aliphatic heterocycles. The molecule has 18 heavy (non-hydrogen) atoms. The summed E-state index contributed by atoms with van der Waals surface area (Å²) >= 11 is 5.88. The molecule has 4 heteroatoms. The lowest BCUT2D eigenvalue weighted by atomic mass is 10.1. The van der Waals surface area contributed by atoms with Gasteiger partial charge in [-0.2, -0.15) is 0 Å². The summed E-state index contributed by atoms with van der Waals surface area (Å²) in [5.41, 5.74) is 2.15. The van der Waals surface area contributed by atoms with E-state index in [1.165, 1.54) is 5.56 Å². The van der Waals surface area contributed by atoms with Crippen molar-refractivity contribution in [1.29, 1.82) is 0 Å². The molecule has 1 heterocycles. The zero-order chi connectivity index (χ0) is 13.0. The van der Waals surface area contributed by atoms with E-state index < -0.39 is 0 Å². The summed E-state index contributed by atoms with van der Waals surface area (Å²) in [5.74, 6) is 0. The molecule has 0 amide bonds. The zero-order valence-electron chi connectivity index (χ0n) is 10.5. The van der Waals surface area contributed by atoms with Gasteiger partial charge < -0.3 is 5.32 Å². The van der Waals surface area contributed by atoms with Crippen molar-refractivity contribution in [1.82, 2.24) is 15.3 Å². The third-order valence-electron chi connectivity index (χ3n) is 2.90. The van der Waals surface area contributed by atoms with Gasteiger partial charge in [0.15, 0.2) is 0 Å². The Morgan fingerprint density at radius 2 is 1.78 bits per heavy atom. The van der Waals surface area contributed by atoms with Crippen LogP contribution in [0.25, 0.3) is 0 Å². The summed E-state index contributed by atoms with van der Waals surface area (Å²) in [6.45, 7) is 4.20. The number of aromatic nitrogens is 2. The monoisotopic (exact) mass is 261 g/mol. The molecule has 0 aliphatic carbocycles. The van der Waals surface area contributed by atoms with Gasteiger partial charge in [-0.1, -0.05) is 23.7 Å². The van der Waals surface area contributed by atoms with E-state index in [2.05, 4.69) is 29.1 Å². The van der Waals surface area contributed by atoms with Gasteiger partial charge in [-0.3, -0.25) is 9.97 Å². The van der Waals surface area contributed by atoms with Crippen LogP contribution in [-0.4, -0.2) is 9.97 Å². The van der Waals surface area contributed by atoms with Crippen LogP contribution in [0.4, 0.5) is 0 Å². The minimum atomic E-state index is 0.157. The van der Waals surface area contributed by atoms with E-state index in [0.717, 1.165) is 10.7 Å². The molecule has 2 aromatic rings. The minimum absolute atomic E-state index is 0.157. The normalized spacial score (nSPS) is 14.2. The quantitative estimate of drug-likeness (QED) is 0.915. The molecule has 0 fully saturated rings. The fraction of sp³-hybridized carbons (Fsp3) is 0.286. The molecule has 3 nitrogen and oxygen atoms in total. The minimum Gasteiger partial charge on any atom is -0.302 e. The Labute approximate surface area is 112 Å². The van der Waals surface area contributed by atoms with Gasteiger partial charge in [0.1, 0.15) is 0 Å². The van der Waals surface area contributed by atoms with Crippen molar-refractivity contribution in [2.75, 3.05) is 0 Å². The first-order chi connectivity index (χ1) is 8.66. The molecule has 0 spiro atoms. The van der Waals surface area contributed by atoms with E-state index in [-0.39, 0.29) is 12.1 Å². The second kappa shape index (κ2) is 5.94. The Balaban J connectivity index is 2.03. The number of rotatable bonds is 4. The summed E-state index contributed by atoms with van der Waals surface area (Å²) in [7, 11) is 0. The number of hydrogen-bond donors (Lipinski definition) is 1. The predicted molar refractivity (Wildman–Crippen MR) is 73.4 cm³/mol. The maximum atomic E-state index is 5.88. The molecule has 2 atom stereocenters. The lowest BCUT2D eigenvalue weighted by Gasteiger charge is -2.19. The molecule has 1 N–H and O–H groups in total. The van der Waals surface area contributed by atoms with Crippen LogP contribution in [0.1, 0.15) is 37.2 Å². The summed E-state index contributed by atoms with van der Waals surface area (Å²) in [6.07, 6.45) is 5.17. The highest BCUT2D eigenvalue weighted by atomic mass is 35.5. The molecular weight excluding hydrogens is 246 g/mol. The summed E-state index contributed by atoms with van der Waals surface area (Å²) in [4.78, 5) is 8.37. The third kappa shape index (κ3) is 3.28. The van der Waals surface area contributed by atoms with Crippen LogP contribution in [0.3, 0.4) is 0 Å². The first-order valence-electron chi connectivity index (χ1n) is 5.94. The van der Waals surface area contributed by atoms with E-state index in [1.54, 1.807) is 18.6 Å². The molecule has 0 saturated heterocycles. The molecule has 0 radical (unpaired) electrons. The van der Waals surface area contributed by atoms with Gasteiger partial charge in [-0.15, -0.1) is 0 Å². The Hall–Kier alpha value is -1.45. The molecular formula is C14H16ClN3. The van der Waals surface area contributed by atoms with Crippen LogP contribution in [0.5, 0.6) is 0 Å². The highest BCUT2D eigenvalue weighted by molar-refractivity contribution is 6.30. The van der Waals surface area contributed by atoms with E-state index >= 15 is 0 Å². The van der Waals surface area contributed by atoms with Crippen molar-refractivity contribution >= 4 is 11.6 Å². The van der Waals surface area contributed by atoms with Gasteiger partial charge >= 0.3 is 0 Å². The largest absolute Gasteiger partial charge is 0.302 e. The van der Waals surface area contributed by atoms with E-state index in [0.29, 0.717) is 0 Å². The van der Waals surface area contributed by atoms with Gasteiger partial charge in [0, 0.05) is 35.7 Å². The highest BCUT2D eigenvalue weighted by Crippen LogP contribution is 2.19. The van der Waals surface area contributed by atoms with Crippen LogP contribution in [0, 0.1) is 0 Å². The fourth-order valence-electron chi connectivity index (χ4n) is 1.84. The standard InChI is InChI=1S/C14H16ClN3/c1-10(12-3-5-13(15)6-4-12)18-11(2)14-9-16-7-8-17-14/h3-11,18H,1-2H3/t10-,11?/m0/s1. The Morgan fingerprint density at radius 3 is 2.39 bits per heavy atom. The molecule has 1 unspecified atom stereocenters. The van der Waals surface area contributed by atoms with E-state index in [1.807, 2.05) is 24.3 Å². The topological polar surface area (TPSA) is 37.8 Å². The summed E-state index contributed by atoms with van der Waals surface area (Å²) < 4.78 is 0. The van der Waals surface area contributed by atoms with Gasteiger partial charge in [0.05, 0.1) is 5.69 Å². The number of halogens is 1. The summed E-state index contributed by atoms with van der Waals surface area (Å²) in [6, 6.07) is 8.26. The van der Waals surface area contributed by atoms with Crippen LogP contribution in [-0.2, 0) is 0 Å². The molecule has 0 bridgehead atoms. The molecule has 2 rings (SSSR count). The highest BCUT2D eigenvalue weighted by Gasteiger charge is 2.11. The predicted octanol–water partition coefficient (Wildman–Crippen LogP) is 3.54. The maximum Gasteiger partial charge on any atom is 0.0753 e. The van der Waals surface area contributed by atoms with Crippen molar-refractivity contribution in [3.05, 3.63) is 59.1 Å². The molecule has 0 aliphatic rings. The Kier molecular flexibility index (Phi) is 4.28. The van der Waals surface area contributed by atoms with E-state index in [4.69, 9.17) is 11.6 Å². The number of nitrogens with zero attached hydrogens (tertiary/aromatic N) is 2. The number of benzene rings is 1. The molecule has 1 aromatic carbocycles. The van der Waals surface area contributed by atoms with Crippen molar-refractivity contribution < 1.29 is 0 Å². The fourth-order valence-corrected chi connectivity index (χ4v) is 1.97. The van der Waals surface area contributed by atoms with Crippen molar-refractivity contribution in [2.45, 2.75) is 25.9 Å². The molecule has 94 valence electrons. The average Bonchev–Trinajstić information content (AvgIpc) is 2.40. The Bertz CT molecular complexity index is 484. The van der Waals surface area contributed by atoms with Crippen molar-refractivity contribution in [3.63, 3.8) is 0 Å². The summed E-state index contributed by atoms with van der Waals surface area (Å²) in [5, 5.41) is 4.24. The van der Waals surface area contributed by atoms with Gasteiger partial charge in [-0.25, -0.2) is 0 Å². The lowest BCUT2D eigenvalue weighted by Crippen LogP contribution is -2.23. The van der Waals surface area contributed by atoms with Gasteiger partial charge in [0.2, 0.25) is 0 Å². The van der Waals surface area contributed by atoms with Gasteiger partial charge in [0.25, 0.3) is 0 Å². The van der Waals surface area contributed by atoms with Crippen LogP contribution < -0.4 is 5.32 Å². The van der Waals surface area contributed by atoms with Crippen LogP contribution in [0.15, 0.2) is 42.9 Å². The second-order valence-corrected chi connectivity index (χ2v) is 4.73. The zero-order valence-corrected chi connectivity index (χ0v) is 11.2. The SMILES string of the molecule is CC(N[C@@H](C)c1ccc(Cl)cc1)c1cnccn1. The molecule has 1 aromatic heterocycles. The Morgan fingerprint density at radius 1 is 1.06 bits per heavy atom. The average molecular weight is 262 g/mol. The number of nitrogens with one attached hydrogen (secondary N) is 1. The van der Waals surface area contributed by atoms with Crippen molar-refractivity contribution in [3.8, 4) is 0 Å². The third-order valence-corrected chi connectivity index (χ3v) is 3.15.